The summed E-state index contributed by atoms with van der Waals surface area (Å²) in [6.07, 6.45) is 3.67. The molecular weight excluding hydrogens is 356 g/mol. The maximum atomic E-state index is 12.9. The fraction of sp³-hybridized carbons (Fsp3) is 0.158. The van der Waals surface area contributed by atoms with Gasteiger partial charge in [-0.25, -0.2) is 4.99 Å². The minimum Gasteiger partial charge on any atom is -0.497 e. The monoisotopic (exact) mass is 372 g/mol. The highest BCUT2D eigenvalue weighted by Gasteiger charge is 2.31. The molecule has 0 radical (unpaired) electrons. The lowest BCUT2D eigenvalue weighted by molar-refractivity contribution is -0.113. The third-order valence-electron chi connectivity index (χ3n) is 3.84. The Morgan fingerprint density at radius 2 is 1.92 bits per heavy atom. The van der Waals surface area contributed by atoms with Crippen LogP contribution in [0.15, 0.2) is 53.2 Å². The fourth-order valence-electron chi connectivity index (χ4n) is 2.44. The van der Waals surface area contributed by atoms with Gasteiger partial charge in [-0.15, -0.1) is 0 Å². The smallest absolute Gasteiger partial charge is 0.283 e. The molecule has 0 atom stereocenters. The number of methoxy groups -OCH3 is 1. The highest BCUT2D eigenvalue weighted by Crippen LogP contribution is 2.31. The van der Waals surface area contributed by atoms with Gasteiger partial charge in [0.05, 0.1) is 12.8 Å². The van der Waals surface area contributed by atoms with E-state index in [9.17, 15) is 4.79 Å². The van der Waals surface area contributed by atoms with Gasteiger partial charge < -0.3 is 4.74 Å². The first-order chi connectivity index (χ1) is 12.0. The van der Waals surface area contributed by atoms with Crippen molar-refractivity contribution in [1.29, 1.82) is 0 Å². The summed E-state index contributed by atoms with van der Waals surface area (Å²) in [5.74, 6) is 0.601. The molecule has 0 unspecified atom stereocenters. The highest BCUT2D eigenvalue weighted by atomic mass is 35.5. The second-order valence-corrected chi connectivity index (χ2v) is 6.66. The number of amides is 1. The third-order valence-corrected chi connectivity index (χ3v) is 4.89. The molecule has 1 aliphatic heterocycles. The summed E-state index contributed by atoms with van der Waals surface area (Å²) in [5, 5.41) is 1.25. The molecule has 2 aromatic rings. The van der Waals surface area contributed by atoms with Crippen molar-refractivity contribution >= 4 is 46.2 Å². The molecule has 0 bridgehead atoms. The lowest BCUT2D eigenvalue weighted by Crippen LogP contribution is -2.30. The van der Waals surface area contributed by atoms with Crippen molar-refractivity contribution in [3.8, 4) is 5.75 Å². The van der Waals surface area contributed by atoms with E-state index in [4.69, 9.17) is 16.3 Å². The van der Waals surface area contributed by atoms with Gasteiger partial charge in [-0.05, 0) is 54.6 Å². The normalized spacial score (nSPS) is 15.7. The Labute approximate surface area is 156 Å². The molecule has 4 nitrogen and oxygen atoms in total. The molecule has 2 aromatic carbocycles. The first-order valence-corrected chi connectivity index (χ1v) is 9.23. The van der Waals surface area contributed by atoms with Gasteiger partial charge in [0.2, 0.25) is 0 Å². The number of hydrogen-bond acceptors (Lipinski definition) is 4. The van der Waals surface area contributed by atoms with Crippen LogP contribution in [0, 0.1) is 6.92 Å². The van der Waals surface area contributed by atoms with Crippen LogP contribution in [0.5, 0.6) is 5.75 Å². The summed E-state index contributed by atoms with van der Waals surface area (Å²) in [6.45, 7) is 1.93. The van der Waals surface area contributed by atoms with Gasteiger partial charge in [-0.1, -0.05) is 41.6 Å². The number of hydrogen-bond donors (Lipinski definition) is 0. The minimum atomic E-state index is -0.167. The number of rotatable bonds is 3. The van der Waals surface area contributed by atoms with Crippen molar-refractivity contribution in [2.45, 2.75) is 6.92 Å². The largest absolute Gasteiger partial charge is 0.497 e. The van der Waals surface area contributed by atoms with E-state index < -0.39 is 0 Å². The number of aliphatic imine (C=N–C) groups is 1. The molecule has 128 valence electrons. The van der Waals surface area contributed by atoms with Crippen molar-refractivity contribution in [3.05, 3.63) is 64.3 Å². The second-order valence-electron chi connectivity index (χ2n) is 5.48. The summed E-state index contributed by atoms with van der Waals surface area (Å²) in [4.78, 5) is 18.9. The van der Waals surface area contributed by atoms with Gasteiger partial charge in [-0.2, -0.15) is 0 Å². The molecule has 3 rings (SSSR count). The van der Waals surface area contributed by atoms with Gasteiger partial charge in [0.1, 0.15) is 11.4 Å². The average Bonchev–Trinajstić information content (AvgIpc) is 2.94. The van der Waals surface area contributed by atoms with Crippen LogP contribution in [0.2, 0.25) is 5.02 Å². The molecule has 6 heteroatoms. The molecule has 0 spiro atoms. The Morgan fingerprint density at radius 1 is 1.20 bits per heavy atom. The number of amidine groups is 1. The van der Waals surface area contributed by atoms with Crippen molar-refractivity contribution < 1.29 is 9.53 Å². The van der Waals surface area contributed by atoms with E-state index in [2.05, 4.69) is 4.99 Å². The minimum absolute atomic E-state index is 0.167. The molecule has 25 heavy (non-hydrogen) atoms. The summed E-state index contributed by atoms with van der Waals surface area (Å²) in [6, 6.07) is 13.0. The van der Waals surface area contributed by atoms with Crippen molar-refractivity contribution in [3.63, 3.8) is 0 Å². The number of benzene rings is 2. The molecule has 0 N–H and O–H groups in total. The number of halogens is 1. The molecule has 1 heterocycles. The fourth-order valence-corrected chi connectivity index (χ4v) is 3.18. The van der Waals surface area contributed by atoms with Crippen LogP contribution in [0.25, 0.3) is 6.08 Å². The van der Waals surface area contributed by atoms with Gasteiger partial charge in [0.15, 0.2) is 5.17 Å². The first-order valence-electron chi connectivity index (χ1n) is 7.62. The molecule has 0 saturated heterocycles. The molecular formula is C19H17ClN2O2S. The topological polar surface area (TPSA) is 41.9 Å². The molecule has 0 saturated carbocycles. The maximum Gasteiger partial charge on any atom is 0.283 e. The lowest BCUT2D eigenvalue weighted by atomic mass is 10.1. The molecule has 1 amide bonds. The third kappa shape index (κ3) is 3.57. The number of ether oxygens (including phenoxy) is 1. The van der Waals surface area contributed by atoms with Gasteiger partial charge in [0, 0.05) is 5.02 Å². The van der Waals surface area contributed by atoms with E-state index in [0.29, 0.717) is 21.6 Å². The van der Waals surface area contributed by atoms with Crippen LogP contribution < -0.4 is 9.64 Å². The van der Waals surface area contributed by atoms with E-state index in [1.807, 2.05) is 49.6 Å². The predicted molar refractivity (Wildman–Crippen MR) is 106 cm³/mol. The van der Waals surface area contributed by atoms with Crippen LogP contribution in [0.4, 0.5) is 5.69 Å². The highest BCUT2D eigenvalue weighted by molar-refractivity contribution is 8.13. The number of anilines is 1. The van der Waals surface area contributed by atoms with E-state index >= 15 is 0 Å². The van der Waals surface area contributed by atoms with Crippen molar-refractivity contribution in [2.75, 3.05) is 18.3 Å². The number of carbonyl (C=O) groups is 1. The summed E-state index contributed by atoms with van der Waals surface area (Å²) in [7, 11) is 1.62. The van der Waals surface area contributed by atoms with E-state index in [1.54, 1.807) is 24.2 Å². The van der Waals surface area contributed by atoms with E-state index in [0.717, 1.165) is 16.9 Å². The Balaban J connectivity index is 1.95. The zero-order valence-electron chi connectivity index (χ0n) is 14.1. The summed E-state index contributed by atoms with van der Waals surface area (Å²) in [5.41, 5.74) is 2.96. The van der Waals surface area contributed by atoms with Gasteiger partial charge in [-0.3, -0.25) is 9.69 Å². The maximum absolute atomic E-state index is 12.9. The van der Waals surface area contributed by atoms with Crippen molar-refractivity contribution in [2.24, 2.45) is 4.99 Å². The van der Waals surface area contributed by atoms with Crippen LogP contribution in [0.3, 0.4) is 0 Å². The van der Waals surface area contributed by atoms with Crippen LogP contribution in [0.1, 0.15) is 11.1 Å². The number of carbonyl (C=O) groups excluding carboxylic acids is 1. The molecule has 1 aliphatic rings. The van der Waals surface area contributed by atoms with Crippen LogP contribution in [-0.4, -0.2) is 24.4 Å². The zero-order valence-corrected chi connectivity index (χ0v) is 15.7. The Hall–Kier alpha value is -2.24. The first kappa shape index (κ1) is 17.6. The molecule has 0 fully saturated rings. The number of nitrogens with zero attached hydrogens (tertiary/aromatic N) is 2. The predicted octanol–water partition coefficient (Wildman–Crippen LogP) is 4.76. The Bertz CT molecular complexity index is 875. The number of aryl methyl sites for hydroxylation is 1. The van der Waals surface area contributed by atoms with Gasteiger partial charge in [0.25, 0.3) is 5.91 Å². The van der Waals surface area contributed by atoms with Crippen LogP contribution in [-0.2, 0) is 4.79 Å². The molecule has 0 aromatic heterocycles. The van der Waals surface area contributed by atoms with E-state index in [1.165, 1.54) is 11.8 Å². The Kier molecular flexibility index (Phi) is 5.16. The zero-order chi connectivity index (χ0) is 18.0. The lowest BCUT2D eigenvalue weighted by Gasteiger charge is -2.17. The van der Waals surface area contributed by atoms with Crippen LogP contribution >= 0.6 is 23.4 Å². The Morgan fingerprint density at radius 3 is 2.52 bits per heavy atom. The molecule has 0 aliphatic carbocycles. The average molecular weight is 373 g/mol. The number of thioether (sulfide) groups is 1. The second kappa shape index (κ2) is 7.33. The SMILES string of the molecule is COc1ccc(C=C2N=C(SC)N(c3ccc(C)c(Cl)c3)C2=O)cc1. The summed E-state index contributed by atoms with van der Waals surface area (Å²) < 4.78 is 5.15. The van der Waals surface area contributed by atoms with Gasteiger partial charge >= 0.3 is 0 Å². The van der Waals surface area contributed by atoms with E-state index in [-0.39, 0.29) is 5.91 Å². The standard InChI is InChI=1S/C19H17ClN2O2S/c1-12-4-7-14(11-16(12)20)22-18(23)17(21-19(22)25-3)10-13-5-8-15(24-2)9-6-13/h4-11H,1-3H3. The summed E-state index contributed by atoms with van der Waals surface area (Å²) >= 11 is 7.64. The quantitative estimate of drug-likeness (QED) is 0.729. The van der Waals surface area contributed by atoms with Crippen molar-refractivity contribution in [1.82, 2.24) is 0 Å².